The smallest absolute Gasteiger partial charge is 0.0779 e. The Morgan fingerprint density at radius 2 is 2.07 bits per heavy atom. The first-order valence-electron chi connectivity index (χ1n) is 5.28. The maximum atomic E-state index is 5.28. The molecule has 0 aliphatic carbocycles. The van der Waals surface area contributed by atoms with Gasteiger partial charge in [0.2, 0.25) is 0 Å². The summed E-state index contributed by atoms with van der Waals surface area (Å²) >= 11 is 5.19. The van der Waals surface area contributed by atoms with E-state index in [4.69, 9.17) is 17.0 Å². The molecule has 0 saturated carbocycles. The zero-order chi connectivity index (χ0) is 10.4. The molecule has 0 atom stereocenters. The van der Waals surface area contributed by atoms with Crippen molar-refractivity contribution in [1.82, 2.24) is 10.2 Å². The molecule has 0 bridgehead atoms. The average Bonchev–Trinajstić information content (AvgIpc) is 2.19. The van der Waals surface area contributed by atoms with E-state index in [9.17, 15) is 0 Å². The summed E-state index contributed by atoms with van der Waals surface area (Å²) < 4.78 is 5.28. The third-order valence-corrected chi connectivity index (χ3v) is 2.97. The molecule has 82 valence electrons. The highest BCUT2D eigenvalue weighted by atomic mass is 32.1. The molecule has 0 amide bonds. The number of rotatable bonds is 4. The van der Waals surface area contributed by atoms with Crippen LogP contribution in [-0.4, -0.2) is 49.3 Å². The van der Waals surface area contributed by atoms with Crippen LogP contribution in [0.5, 0.6) is 0 Å². The van der Waals surface area contributed by atoms with Crippen LogP contribution in [0.3, 0.4) is 0 Å². The summed E-state index contributed by atoms with van der Waals surface area (Å²) in [6.45, 7) is 10.1. The fraction of sp³-hybridized carbons (Fsp3) is 0.900. The van der Waals surface area contributed by atoms with Crippen molar-refractivity contribution in [3.63, 3.8) is 0 Å². The van der Waals surface area contributed by atoms with Gasteiger partial charge in [-0.2, -0.15) is 0 Å². The Hall–Kier alpha value is -0.190. The molecule has 1 aliphatic heterocycles. The molecule has 1 N–H and O–H groups in total. The fourth-order valence-corrected chi connectivity index (χ4v) is 1.47. The summed E-state index contributed by atoms with van der Waals surface area (Å²) in [5, 5.41) is 3.28. The van der Waals surface area contributed by atoms with Gasteiger partial charge in [0.05, 0.1) is 18.2 Å². The van der Waals surface area contributed by atoms with E-state index in [0.717, 1.165) is 44.4 Å². The van der Waals surface area contributed by atoms with Crippen molar-refractivity contribution in [3.8, 4) is 0 Å². The van der Waals surface area contributed by atoms with Crippen molar-refractivity contribution in [2.75, 3.05) is 39.4 Å². The molecule has 0 aromatic carbocycles. The number of nitrogens with zero attached hydrogens (tertiary/aromatic N) is 1. The zero-order valence-electron chi connectivity index (χ0n) is 9.08. The van der Waals surface area contributed by atoms with Crippen LogP contribution >= 0.6 is 12.2 Å². The first kappa shape index (κ1) is 11.9. The van der Waals surface area contributed by atoms with E-state index in [1.165, 1.54) is 0 Å². The molecule has 1 fully saturated rings. The summed E-state index contributed by atoms with van der Waals surface area (Å²) in [4.78, 5) is 3.37. The first-order chi connectivity index (χ1) is 6.70. The van der Waals surface area contributed by atoms with Crippen LogP contribution in [0.4, 0.5) is 0 Å². The van der Waals surface area contributed by atoms with Gasteiger partial charge in [0.25, 0.3) is 0 Å². The van der Waals surface area contributed by atoms with Crippen LogP contribution in [0, 0.1) is 5.92 Å². The van der Waals surface area contributed by atoms with Gasteiger partial charge in [0.15, 0.2) is 0 Å². The largest absolute Gasteiger partial charge is 0.379 e. The van der Waals surface area contributed by atoms with Crippen molar-refractivity contribution in [2.24, 2.45) is 5.92 Å². The molecule has 0 radical (unpaired) electrons. The minimum absolute atomic E-state index is 0.453. The van der Waals surface area contributed by atoms with Crippen molar-refractivity contribution < 1.29 is 4.74 Å². The molecule has 14 heavy (non-hydrogen) atoms. The van der Waals surface area contributed by atoms with Crippen LogP contribution in [0.1, 0.15) is 13.8 Å². The predicted molar refractivity (Wildman–Crippen MR) is 62.7 cm³/mol. The van der Waals surface area contributed by atoms with Crippen molar-refractivity contribution in [1.29, 1.82) is 0 Å². The second-order valence-electron chi connectivity index (χ2n) is 3.90. The van der Waals surface area contributed by atoms with Crippen LogP contribution in [0.2, 0.25) is 0 Å². The van der Waals surface area contributed by atoms with Crippen molar-refractivity contribution in [3.05, 3.63) is 0 Å². The number of hydrogen-bond donors (Lipinski definition) is 1. The molecule has 0 aromatic rings. The highest BCUT2D eigenvalue weighted by Gasteiger charge is 2.09. The molecule has 0 unspecified atom stereocenters. The number of ether oxygens (including phenoxy) is 1. The maximum absolute atomic E-state index is 5.28. The van der Waals surface area contributed by atoms with E-state index in [1.807, 2.05) is 0 Å². The van der Waals surface area contributed by atoms with Crippen molar-refractivity contribution in [2.45, 2.75) is 13.8 Å². The number of nitrogens with one attached hydrogen (secondary N) is 1. The number of thiocarbonyl (C=S) groups is 1. The third-order valence-electron chi connectivity index (χ3n) is 2.36. The van der Waals surface area contributed by atoms with Gasteiger partial charge in [-0.05, 0) is 0 Å². The van der Waals surface area contributed by atoms with Crippen LogP contribution < -0.4 is 5.32 Å². The Labute approximate surface area is 91.8 Å². The topological polar surface area (TPSA) is 24.5 Å². The predicted octanol–water partition coefficient (Wildman–Crippen LogP) is 0.892. The second kappa shape index (κ2) is 6.32. The third kappa shape index (κ3) is 4.35. The lowest BCUT2D eigenvalue weighted by Gasteiger charge is -2.26. The summed E-state index contributed by atoms with van der Waals surface area (Å²) in [5.41, 5.74) is 0. The van der Waals surface area contributed by atoms with Gasteiger partial charge in [-0.1, -0.05) is 26.1 Å². The van der Waals surface area contributed by atoms with Gasteiger partial charge in [-0.3, -0.25) is 4.90 Å². The first-order valence-corrected chi connectivity index (χ1v) is 5.69. The van der Waals surface area contributed by atoms with Gasteiger partial charge >= 0.3 is 0 Å². The summed E-state index contributed by atoms with van der Waals surface area (Å²) in [5.74, 6) is 0.453. The lowest BCUT2D eigenvalue weighted by atomic mass is 10.2. The average molecular weight is 216 g/mol. The summed E-state index contributed by atoms with van der Waals surface area (Å²) in [7, 11) is 0. The van der Waals surface area contributed by atoms with Gasteiger partial charge < -0.3 is 10.1 Å². The SMILES string of the molecule is CC(C)C(=S)NCCN1CCOCC1. The Balaban J connectivity index is 2.05. The lowest BCUT2D eigenvalue weighted by molar-refractivity contribution is 0.0389. The van der Waals surface area contributed by atoms with Gasteiger partial charge in [-0.25, -0.2) is 0 Å². The fourth-order valence-electron chi connectivity index (χ4n) is 1.37. The molecule has 0 spiro atoms. The van der Waals surface area contributed by atoms with Gasteiger partial charge in [0, 0.05) is 32.1 Å². The van der Waals surface area contributed by atoms with E-state index in [0.29, 0.717) is 5.92 Å². The minimum Gasteiger partial charge on any atom is -0.379 e. The molecular weight excluding hydrogens is 196 g/mol. The number of morpholine rings is 1. The lowest BCUT2D eigenvalue weighted by Crippen LogP contribution is -2.41. The maximum Gasteiger partial charge on any atom is 0.0779 e. The Morgan fingerprint density at radius 3 is 2.64 bits per heavy atom. The van der Waals surface area contributed by atoms with Crippen LogP contribution in [0.15, 0.2) is 0 Å². The molecule has 1 rings (SSSR count). The molecule has 1 aliphatic rings. The van der Waals surface area contributed by atoms with E-state index in [1.54, 1.807) is 0 Å². The quantitative estimate of drug-likeness (QED) is 0.706. The van der Waals surface area contributed by atoms with Gasteiger partial charge in [0.1, 0.15) is 0 Å². The second-order valence-corrected chi connectivity index (χ2v) is 4.34. The van der Waals surface area contributed by atoms with Crippen LogP contribution in [-0.2, 0) is 4.74 Å². The Kier molecular flexibility index (Phi) is 5.37. The normalized spacial score (nSPS) is 18.5. The molecule has 4 heteroatoms. The highest BCUT2D eigenvalue weighted by Crippen LogP contribution is 1.96. The molecule has 1 saturated heterocycles. The van der Waals surface area contributed by atoms with Crippen molar-refractivity contribution >= 4 is 17.2 Å². The van der Waals surface area contributed by atoms with Gasteiger partial charge in [-0.15, -0.1) is 0 Å². The number of hydrogen-bond acceptors (Lipinski definition) is 3. The zero-order valence-corrected chi connectivity index (χ0v) is 9.90. The molecular formula is C10H20N2OS. The standard InChI is InChI=1S/C10H20N2OS/c1-9(2)10(14)11-3-4-12-5-7-13-8-6-12/h9H,3-8H2,1-2H3,(H,11,14). The Bertz CT molecular complexity index is 179. The van der Waals surface area contributed by atoms with E-state index < -0.39 is 0 Å². The summed E-state index contributed by atoms with van der Waals surface area (Å²) in [6, 6.07) is 0. The minimum atomic E-state index is 0.453. The molecule has 1 heterocycles. The van der Waals surface area contributed by atoms with E-state index >= 15 is 0 Å². The van der Waals surface area contributed by atoms with E-state index in [-0.39, 0.29) is 0 Å². The Morgan fingerprint density at radius 1 is 1.43 bits per heavy atom. The van der Waals surface area contributed by atoms with E-state index in [2.05, 4.69) is 24.1 Å². The highest BCUT2D eigenvalue weighted by molar-refractivity contribution is 7.80. The molecule has 0 aromatic heterocycles. The molecule has 3 nitrogen and oxygen atoms in total. The monoisotopic (exact) mass is 216 g/mol. The summed E-state index contributed by atoms with van der Waals surface area (Å²) in [6.07, 6.45) is 0. The van der Waals surface area contributed by atoms with Crippen LogP contribution in [0.25, 0.3) is 0 Å².